The van der Waals surface area contributed by atoms with E-state index in [-0.39, 0.29) is 11.0 Å². The second kappa shape index (κ2) is 5.71. The first-order chi connectivity index (χ1) is 7.85. The van der Waals surface area contributed by atoms with Gasteiger partial charge in [0.1, 0.15) is 0 Å². The summed E-state index contributed by atoms with van der Waals surface area (Å²) in [6, 6.07) is 0.428. The van der Waals surface area contributed by atoms with Crippen LogP contribution in [-0.4, -0.2) is 25.3 Å². The maximum Gasteiger partial charge on any atom is 0.0842 e. The molecule has 102 valence electrons. The third-order valence-electron chi connectivity index (χ3n) is 4.10. The zero-order chi connectivity index (χ0) is 13.1. The molecule has 2 nitrogen and oxygen atoms in total. The van der Waals surface area contributed by atoms with Crippen LogP contribution in [0.2, 0.25) is 0 Å². The Hall–Kier alpha value is -0.0800. The van der Waals surface area contributed by atoms with E-state index in [9.17, 15) is 0 Å². The molecule has 1 fully saturated rings. The van der Waals surface area contributed by atoms with Crippen molar-refractivity contribution < 1.29 is 4.74 Å². The Kier molecular flexibility index (Phi) is 5.03. The molecule has 1 aliphatic carbocycles. The van der Waals surface area contributed by atoms with Gasteiger partial charge in [-0.1, -0.05) is 40.5 Å². The largest absolute Gasteiger partial charge is 0.374 e. The Morgan fingerprint density at radius 2 is 2.06 bits per heavy atom. The SMILES string of the molecule is CCOC1(C(NC)C(C)(C)C)CCCC(C)C1. The third-order valence-corrected chi connectivity index (χ3v) is 4.10. The summed E-state index contributed by atoms with van der Waals surface area (Å²) in [4.78, 5) is 0. The third kappa shape index (κ3) is 3.45. The molecule has 17 heavy (non-hydrogen) atoms. The molecule has 0 saturated heterocycles. The summed E-state index contributed by atoms with van der Waals surface area (Å²) in [6.07, 6.45) is 5.06. The van der Waals surface area contributed by atoms with E-state index in [0.717, 1.165) is 12.5 Å². The van der Waals surface area contributed by atoms with Crippen LogP contribution in [0.1, 0.15) is 60.3 Å². The van der Waals surface area contributed by atoms with Gasteiger partial charge in [-0.05, 0) is 38.1 Å². The van der Waals surface area contributed by atoms with Gasteiger partial charge in [-0.25, -0.2) is 0 Å². The van der Waals surface area contributed by atoms with E-state index in [2.05, 4.69) is 47.0 Å². The summed E-state index contributed by atoms with van der Waals surface area (Å²) < 4.78 is 6.26. The quantitative estimate of drug-likeness (QED) is 0.812. The molecule has 1 saturated carbocycles. The van der Waals surface area contributed by atoms with Crippen molar-refractivity contribution in [1.29, 1.82) is 0 Å². The highest BCUT2D eigenvalue weighted by molar-refractivity contribution is 5.01. The lowest BCUT2D eigenvalue weighted by atomic mass is 9.67. The van der Waals surface area contributed by atoms with Crippen LogP contribution >= 0.6 is 0 Å². The van der Waals surface area contributed by atoms with Gasteiger partial charge in [0.2, 0.25) is 0 Å². The Morgan fingerprint density at radius 1 is 1.41 bits per heavy atom. The highest BCUT2D eigenvalue weighted by Gasteiger charge is 2.46. The summed E-state index contributed by atoms with van der Waals surface area (Å²) in [5, 5.41) is 3.53. The van der Waals surface area contributed by atoms with Gasteiger partial charge >= 0.3 is 0 Å². The Bertz CT molecular complexity index is 230. The smallest absolute Gasteiger partial charge is 0.0842 e. The van der Waals surface area contributed by atoms with Gasteiger partial charge in [-0.15, -0.1) is 0 Å². The Labute approximate surface area is 108 Å². The van der Waals surface area contributed by atoms with Crippen LogP contribution in [0.5, 0.6) is 0 Å². The molecule has 0 amide bonds. The van der Waals surface area contributed by atoms with Gasteiger partial charge in [-0.2, -0.15) is 0 Å². The van der Waals surface area contributed by atoms with Crippen molar-refractivity contribution in [2.24, 2.45) is 11.3 Å². The zero-order valence-corrected chi connectivity index (χ0v) is 12.6. The first-order valence-corrected chi connectivity index (χ1v) is 7.17. The standard InChI is InChI=1S/C15H31NO/c1-7-17-15(10-8-9-12(2)11-15)13(16-6)14(3,4)5/h12-13,16H,7-11H2,1-6H3. The summed E-state index contributed by atoms with van der Waals surface area (Å²) in [5.74, 6) is 0.786. The summed E-state index contributed by atoms with van der Waals surface area (Å²) in [6.45, 7) is 12.2. The van der Waals surface area contributed by atoms with Crippen LogP contribution in [0.4, 0.5) is 0 Å². The van der Waals surface area contributed by atoms with Crippen LogP contribution in [0.3, 0.4) is 0 Å². The first kappa shape index (κ1) is 15.0. The molecule has 1 N–H and O–H groups in total. The highest BCUT2D eigenvalue weighted by Crippen LogP contribution is 2.42. The van der Waals surface area contributed by atoms with Crippen LogP contribution in [0, 0.1) is 11.3 Å². The van der Waals surface area contributed by atoms with Crippen LogP contribution in [0.25, 0.3) is 0 Å². The lowest BCUT2D eigenvalue weighted by Crippen LogP contribution is -2.59. The van der Waals surface area contributed by atoms with E-state index in [0.29, 0.717) is 6.04 Å². The van der Waals surface area contributed by atoms with E-state index in [1.165, 1.54) is 25.7 Å². The first-order valence-electron chi connectivity index (χ1n) is 7.17. The molecule has 0 radical (unpaired) electrons. The lowest BCUT2D eigenvalue weighted by molar-refractivity contribution is -0.120. The van der Waals surface area contributed by atoms with Crippen molar-refractivity contribution >= 4 is 0 Å². The second-order valence-electron chi connectivity index (χ2n) is 6.79. The molecule has 0 aromatic rings. The average molecular weight is 241 g/mol. The van der Waals surface area contributed by atoms with Crippen molar-refractivity contribution in [1.82, 2.24) is 5.32 Å². The number of ether oxygens (including phenoxy) is 1. The van der Waals surface area contributed by atoms with Gasteiger partial charge < -0.3 is 10.1 Å². The molecule has 3 unspecified atom stereocenters. The maximum atomic E-state index is 6.26. The van der Waals surface area contributed by atoms with Gasteiger partial charge in [0.25, 0.3) is 0 Å². The van der Waals surface area contributed by atoms with E-state index >= 15 is 0 Å². The number of hydrogen-bond donors (Lipinski definition) is 1. The van der Waals surface area contributed by atoms with Crippen LogP contribution in [-0.2, 0) is 4.74 Å². The lowest BCUT2D eigenvalue weighted by Gasteiger charge is -2.50. The van der Waals surface area contributed by atoms with E-state index < -0.39 is 0 Å². The average Bonchev–Trinajstić information content (AvgIpc) is 2.16. The molecule has 3 atom stereocenters. The van der Waals surface area contributed by atoms with Gasteiger partial charge in [-0.3, -0.25) is 0 Å². The number of hydrogen-bond acceptors (Lipinski definition) is 2. The molecular weight excluding hydrogens is 210 g/mol. The Morgan fingerprint density at radius 3 is 2.47 bits per heavy atom. The van der Waals surface area contributed by atoms with Crippen molar-refractivity contribution in [2.75, 3.05) is 13.7 Å². The van der Waals surface area contributed by atoms with Crippen LogP contribution in [0.15, 0.2) is 0 Å². The fraction of sp³-hybridized carbons (Fsp3) is 1.00. The maximum absolute atomic E-state index is 6.26. The van der Waals surface area contributed by atoms with Crippen molar-refractivity contribution in [2.45, 2.75) is 71.9 Å². The summed E-state index contributed by atoms with van der Waals surface area (Å²) >= 11 is 0. The molecule has 1 rings (SSSR count). The van der Waals surface area contributed by atoms with Gasteiger partial charge in [0.15, 0.2) is 0 Å². The Balaban J connectivity index is 2.95. The second-order valence-corrected chi connectivity index (χ2v) is 6.79. The van der Waals surface area contributed by atoms with Gasteiger partial charge in [0.05, 0.1) is 5.60 Å². The topological polar surface area (TPSA) is 21.3 Å². The molecular formula is C15H31NO. The normalized spacial score (nSPS) is 32.5. The highest BCUT2D eigenvalue weighted by atomic mass is 16.5. The molecule has 0 spiro atoms. The van der Waals surface area contributed by atoms with E-state index in [4.69, 9.17) is 4.74 Å². The monoisotopic (exact) mass is 241 g/mol. The number of likely N-dealkylation sites (N-methyl/N-ethyl adjacent to an activating group) is 1. The van der Waals surface area contributed by atoms with Crippen LogP contribution < -0.4 is 5.32 Å². The predicted octanol–water partition coefficient (Wildman–Crippen LogP) is 3.61. The fourth-order valence-corrected chi connectivity index (χ4v) is 3.79. The summed E-state index contributed by atoms with van der Waals surface area (Å²) in [7, 11) is 2.08. The van der Waals surface area contributed by atoms with Crippen molar-refractivity contribution in [3.8, 4) is 0 Å². The van der Waals surface area contributed by atoms with E-state index in [1.54, 1.807) is 0 Å². The van der Waals surface area contributed by atoms with E-state index in [1.807, 2.05) is 0 Å². The minimum absolute atomic E-state index is 0.0411. The molecule has 0 aromatic carbocycles. The van der Waals surface area contributed by atoms with Crippen molar-refractivity contribution in [3.05, 3.63) is 0 Å². The van der Waals surface area contributed by atoms with Crippen molar-refractivity contribution in [3.63, 3.8) is 0 Å². The molecule has 0 heterocycles. The molecule has 0 bridgehead atoms. The minimum Gasteiger partial charge on any atom is -0.374 e. The molecule has 1 aliphatic rings. The van der Waals surface area contributed by atoms with Gasteiger partial charge in [0, 0.05) is 12.6 Å². The number of nitrogens with one attached hydrogen (secondary N) is 1. The number of rotatable bonds is 4. The minimum atomic E-state index is 0.0411. The fourth-order valence-electron chi connectivity index (χ4n) is 3.79. The zero-order valence-electron chi connectivity index (χ0n) is 12.6. The molecule has 0 aliphatic heterocycles. The molecule has 0 aromatic heterocycles. The summed E-state index contributed by atoms with van der Waals surface area (Å²) in [5.41, 5.74) is 0.278. The predicted molar refractivity (Wildman–Crippen MR) is 74.3 cm³/mol. The molecule has 2 heteroatoms.